The Hall–Kier alpha value is -5.77. The molecule has 2 unspecified atom stereocenters. The molecule has 16 heteroatoms. The standard InChI is InChI=1S/C34H36N8O7S/c1-20-9-4-7-14-29(20)50(46,47)40-32(43)24-12-8-13-28(48-3)30(24)31(33(44)38-21(2)42-37-19-36-41-42)26-18-35-27-16-15-22(17-25(26)27)39-34(45)49-23-10-5-6-11-23/h4,7-9,12-19,21,23,31,35H,5-6,10-11H2,1-3H3,(H,38,44)(H,39,45)(H,40,43). The van der Waals surface area contributed by atoms with Gasteiger partial charge in [0.25, 0.3) is 15.9 Å². The molecule has 0 radical (unpaired) electrons. The van der Waals surface area contributed by atoms with E-state index >= 15 is 0 Å². The van der Waals surface area contributed by atoms with Crippen molar-refractivity contribution in [2.45, 2.75) is 62.6 Å². The Balaban J connectivity index is 1.43. The van der Waals surface area contributed by atoms with Crippen LogP contribution in [0, 0.1) is 6.92 Å². The summed E-state index contributed by atoms with van der Waals surface area (Å²) in [5.41, 5.74) is 1.89. The number of anilines is 1. The van der Waals surface area contributed by atoms with Crippen LogP contribution < -0.4 is 20.1 Å². The highest BCUT2D eigenvalue weighted by Crippen LogP contribution is 2.39. The van der Waals surface area contributed by atoms with E-state index in [1.807, 2.05) is 0 Å². The molecule has 260 valence electrons. The van der Waals surface area contributed by atoms with Gasteiger partial charge >= 0.3 is 6.09 Å². The van der Waals surface area contributed by atoms with Crippen LogP contribution in [0.5, 0.6) is 5.75 Å². The van der Waals surface area contributed by atoms with Crippen LogP contribution in [0.15, 0.2) is 78.1 Å². The van der Waals surface area contributed by atoms with Crippen molar-refractivity contribution >= 4 is 44.5 Å². The number of H-pyrrole nitrogens is 1. The summed E-state index contributed by atoms with van der Waals surface area (Å²) in [6, 6.07) is 15.9. The third-order valence-electron chi connectivity index (χ3n) is 8.60. The average Bonchev–Trinajstić information content (AvgIpc) is 3.88. The minimum atomic E-state index is -4.31. The number of carbonyl (C=O) groups excluding carboxylic acids is 3. The van der Waals surface area contributed by atoms with Crippen molar-refractivity contribution < 1.29 is 32.3 Å². The minimum Gasteiger partial charge on any atom is -0.496 e. The molecule has 15 nitrogen and oxygen atoms in total. The molecule has 0 bridgehead atoms. The fraction of sp³-hybridized carbons (Fsp3) is 0.294. The number of aryl methyl sites for hydroxylation is 1. The zero-order valence-corrected chi connectivity index (χ0v) is 28.4. The number of rotatable bonds is 11. The maximum atomic E-state index is 14.4. The molecule has 1 aliphatic rings. The number of benzene rings is 3. The van der Waals surface area contributed by atoms with Gasteiger partial charge in [0, 0.05) is 33.9 Å². The Kier molecular flexibility index (Phi) is 9.81. The van der Waals surface area contributed by atoms with Crippen LogP contribution in [0.25, 0.3) is 10.9 Å². The molecule has 6 rings (SSSR count). The van der Waals surface area contributed by atoms with E-state index in [1.54, 1.807) is 62.5 Å². The predicted octanol–water partition coefficient (Wildman–Crippen LogP) is 4.55. The molecule has 3 amide bonds. The average molecular weight is 701 g/mol. The van der Waals surface area contributed by atoms with Crippen LogP contribution in [0.1, 0.15) is 71.7 Å². The first-order chi connectivity index (χ1) is 24.1. The number of nitrogens with zero attached hydrogens (tertiary/aromatic N) is 4. The normalized spacial score (nSPS) is 14.5. The molecule has 50 heavy (non-hydrogen) atoms. The van der Waals surface area contributed by atoms with Gasteiger partial charge in [-0.15, -0.1) is 15.0 Å². The first kappa shape index (κ1) is 34.1. The summed E-state index contributed by atoms with van der Waals surface area (Å²) in [7, 11) is -2.93. The van der Waals surface area contributed by atoms with E-state index in [2.05, 4.69) is 35.8 Å². The van der Waals surface area contributed by atoms with E-state index in [9.17, 15) is 22.8 Å². The first-order valence-electron chi connectivity index (χ1n) is 16.0. The maximum Gasteiger partial charge on any atom is 0.411 e. The van der Waals surface area contributed by atoms with E-state index in [1.165, 1.54) is 36.4 Å². The number of methoxy groups -OCH3 is 1. The third kappa shape index (κ3) is 7.15. The Labute approximate surface area is 287 Å². The molecule has 1 saturated carbocycles. The fourth-order valence-corrected chi connectivity index (χ4v) is 7.41. The number of amides is 3. The first-order valence-corrected chi connectivity index (χ1v) is 17.4. The van der Waals surface area contributed by atoms with Gasteiger partial charge in [0.05, 0.1) is 17.9 Å². The van der Waals surface area contributed by atoms with Gasteiger partial charge in [0.15, 0.2) is 6.33 Å². The van der Waals surface area contributed by atoms with Crippen molar-refractivity contribution in [2.75, 3.05) is 12.4 Å². The van der Waals surface area contributed by atoms with Crippen molar-refractivity contribution in [3.05, 3.63) is 95.4 Å². The smallest absolute Gasteiger partial charge is 0.411 e. The summed E-state index contributed by atoms with van der Waals surface area (Å²) < 4.78 is 40.2. The fourth-order valence-electron chi connectivity index (χ4n) is 6.20. The number of aromatic nitrogens is 5. The Morgan fingerprint density at radius 3 is 2.54 bits per heavy atom. The van der Waals surface area contributed by atoms with Gasteiger partial charge in [-0.2, -0.15) is 0 Å². The molecule has 2 aromatic heterocycles. The summed E-state index contributed by atoms with van der Waals surface area (Å²) in [6.07, 6.45) is 4.99. The van der Waals surface area contributed by atoms with E-state index in [-0.39, 0.29) is 27.9 Å². The van der Waals surface area contributed by atoms with Crippen LogP contribution >= 0.6 is 0 Å². The number of hydrogen-bond acceptors (Lipinski definition) is 10. The number of hydrogen-bond donors (Lipinski definition) is 4. The lowest BCUT2D eigenvalue weighted by Gasteiger charge is -2.24. The van der Waals surface area contributed by atoms with Gasteiger partial charge in [-0.1, -0.05) is 24.3 Å². The predicted molar refractivity (Wildman–Crippen MR) is 182 cm³/mol. The van der Waals surface area contributed by atoms with Crippen LogP contribution in [0.2, 0.25) is 0 Å². The Morgan fingerprint density at radius 2 is 1.82 bits per heavy atom. The molecule has 2 heterocycles. The SMILES string of the molecule is COc1cccc(C(=O)NS(=O)(=O)c2ccccc2C)c1C(C(=O)NC(C)n1ncnn1)c1c[nH]c2ccc(NC(=O)OC3CCCC3)cc12. The second-order valence-corrected chi connectivity index (χ2v) is 13.6. The van der Waals surface area contributed by atoms with Crippen LogP contribution in [0.4, 0.5) is 10.5 Å². The molecular formula is C34H36N8O7S. The zero-order valence-electron chi connectivity index (χ0n) is 27.5. The van der Waals surface area contributed by atoms with Crippen molar-refractivity contribution in [2.24, 2.45) is 0 Å². The highest BCUT2D eigenvalue weighted by molar-refractivity contribution is 7.90. The van der Waals surface area contributed by atoms with Crippen molar-refractivity contribution in [3.8, 4) is 5.75 Å². The molecule has 4 N–H and O–H groups in total. The second kappa shape index (κ2) is 14.4. The number of tetrazole rings is 1. The summed E-state index contributed by atoms with van der Waals surface area (Å²) in [5, 5.41) is 17.8. The monoisotopic (exact) mass is 700 g/mol. The number of ether oxygens (including phenoxy) is 2. The molecule has 5 aromatic rings. The van der Waals surface area contributed by atoms with Crippen molar-refractivity contribution in [1.82, 2.24) is 35.2 Å². The lowest BCUT2D eigenvalue weighted by atomic mass is 9.86. The Morgan fingerprint density at radius 1 is 1.04 bits per heavy atom. The number of aromatic amines is 1. The van der Waals surface area contributed by atoms with Crippen molar-refractivity contribution in [3.63, 3.8) is 0 Å². The minimum absolute atomic E-state index is 0.0654. The molecular weight excluding hydrogens is 664 g/mol. The van der Waals surface area contributed by atoms with Gasteiger partial charge in [-0.05, 0) is 92.3 Å². The summed E-state index contributed by atoms with van der Waals surface area (Å²) in [5.74, 6) is -2.66. The van der Waals surface area contributed by atoms with Gasteiger partial charge in [-0.3, -0.25) is 14.9 Å². The highest BCUT2D eigenvalue weighted by Gasteiger charge is 2.35. The van der Waals surface area contributed by atoms with Gasteiger partial charge in [0.2, 0.25) is 5.91 Å². The summed E-state index contributed by atoms with van der Waals surface area (Å²) >= 11 is 0. The lowest BCUT2D eigenvalue weighted by Crippen LogP contribution is -2.37. The maximum absolute atomic E-state index is 14.4. The van der Waals surface area contributed by atoms with E-state index in [0.717, 1.165) is 25.7 Å². The third-order valence-corrected chi connectivity index (χ3v) is 10.1. The zero-order chi connectivity index (χ0) is 35.4. The molecule has 0 spiro atoms. The Bertz CT molecular complexity index is 2140. The number of nitrogens with one attached hydrogen (secondary N) is 4. The van der Waals surface area contributed by atoms with E-state index < -0.39 is 40.0 Å². The molecule has 1 aliphatic carbocycles. The summed E-state index contributed by atoms with van der Waals surface area (Å²) in [6.45, 7) is 3.27. The summed E-state index contributed by atoms with van der Waals surface area (Å²) in [4.78, 5) is 45.4. The molecule has 3 aromatic carbocycles. The number of fused-ring (bicyclic) bond motifs is 1. The molecule has 0 aliphatic heterocycles. The molecule has 0 saturated heterocycles. The molecule has 2 atom stereocenters. The highest BCUT2D eigenvalue weighted by atomic mass is 32.2. The van der Waals surface area contributed by atoms with Crippen LogP contribution in [-0.4, -0.2) is 64.7 Å². The van der Waals surface area contributed by atoms with Gasteiger partial charge < -0.3 is 19.8 Å². The van der Waals surface area contributed by atoms with Crippen molar-refractivity contribution in [1.29, 1.82) is 0 Å². The quantitative estimate of drug-likeness (QED) is 0.152. The topological polar surface area (TPSA) is 199 Å². The van der Waals surface area contributed by atoms with Crippen LogP contribution in [-0.2, 0) is 19.6 Å². The number of sulfonamides is 1. The number of carbonyl (C=O) groups is 3. The van der Waals surface area contributed by atoms with E-state index in [0.29, 0.717) is 27.7 Å². The van der Waals surface area contributed by atoms with Gasteiger partial charge in [-0.25, -0.2) is 17.9 Å². The van der Waals surface area contributed by atoms with E-state index in [4.69, 9.17) is 9.47 Å². The second-order valence-electron chi connectivity index (χ2n) is 11.9. The lowest BCUT2D eigenvalue weighted by molar-refractivity contribution is -0.123. The largest absolute Gasteiger partial charge is 0.496 e. The molecule has 1 fully saturated rings. The van der Waals surface area contributed by atoms with Gasteiger partial charge in [0.1, 0.15) is 18.0 Å². The van der Waals surface area contributed by atoms with Crippen LogP contribution in [0.3, 0.4) is 0 Å².